The topological polar surface area (TPSA) is 0 Å². The minimum atomic E-state index is 0. The van der Waals surface area contributed by atoms with Gasteiger partial charge >= 0.3 is 21.7 Å². The van der Waals surface area contributed by atoms with Crippen LogP contribution in [0, 0.1) is 0 Å². The number of rotatable bonds is 0. The fourth-order valence-electron chi connectivity index (χ4n) is 1.45. The molecule has 1 aromatic rings. The number of hydrogen-bond acceptors (Lipinski definition) is 0. The maximum absolute atomic E-state index is 2.32. The second-order valence-corrected chi connectivity index (χ2v) is 4.15. The second kappa shape index (κ2) is 3.53. The molecule has 0 atom stereocenters. The van der Waals surface area contributed by atoms with Crippen LogP contribution in [-0.2, 0) is 28.1 Å². The quantitative estimate of drug-likeness (QED) is 0.539. The van der Waals surface area contributed by atoms with Crippen molar-refractivity contribution in [3.05, 3.63) is 40.6 Å². The molecule has 0 N–H and O–H groups in total. The van der Waals surface area contributed by atoms with Crippen molar-refractivity contribution in [2.45, 2.75) is 6.42 Å². The van der Waals surface area contributed by atoms with Crippen molar-refractivity contribution in [3.63, 3.8) is 0 Å². The molecule has 52 valence electrons. The summed E-state index contributed by atoms with van der Waals surface area (Å²) in [5, 5.41) is 1.61. The van der Waals surface area contributed by atoms with Gasteiger partial charge in [-0.15, -0.1) is 0 Å². The Morgan fingerprint density at radius 1 is 1.18 bits per heavy atom. The van der Waals surface area contributed by atoms with Crippen LogP contribution in [0.15, 0.2) is 29.5 Å². The molecule has 0 nitrogen and oxygen atoms in total. The number of hydrogen-bond donors (Lipinski definition) is 0. The first-order valence-electron chi connectivity index (χ1n) is 3.61. The van der Waals surface area contributed by atoms with E-state index in [0.717, 1.165) is 0 Å². The Morgan fingerprint density at radius 2 is 1.91 bits per heavy atom. The molecule has 0 heterocycles. The van der Waals surface area contributed by atoms with Gasteiger partial charge in [0.2, 0.25) is 0 Å². The van der Waals surface area contributed by atoms with Gasteiger partial charge in [-0.3, -0.25) is 0 Å². The summed E-state index contributed by atoms with van der Waals surface area (Å²) in [5.74, 6) is 0. The Kier molecular flexibility index (Phi) is 2.88. The molecule has 2 heteroatoms. The van der Waals surface area contributed by atoms with Gasteiger partial charge in [0.1, 0.15) is 0 Å². The van der Waals surface area contributed by atoms with Gasteiger partial charge in [0.25, 0.3) is 0 Å². The zero-order chi connectivity index (χ0) is 6.97. The predicted octanol–water partition coefficient (Wildman–Crippen LogP) is 0.947. The van der Waals surface area contributed by atoms with Crippen LogP contribution in [-0.4, -0.2) is 10.2 Å². The fourth-order valence-corrected chi connectivity index (χ4v) is 2.14. The van der Waals surface area contributed by atoms with Crippen molar-refractivity contribution < 1.29 is 21.7 Å². The number of fused-ring (bicyclic) bond motifs is 1. The molecule has 0 radical (unpaired) electrons. The first-order valence-corrected chi connectivity index (χ1v) is 4.61. The molecule has 1 aliphatic carbocycles. The minimum Gasteiger partial charge on any atom is -0.0869 e. The summed E-state index contributed by atoms with van der Waals surface area (Å²) < 4.78 is 0. The van der Waals surface area contributed by atoms with E-state index in [4.69, 9.17) is 0 Å². The number of benzene rings is 1. The summed E-state index contributed by atoms with van der Waals surface area (Å²) in [4.78, 5) is 0. The third kappa shape index (κ3) is 1.73. The van der Waals surface area contributed by atoms with Gasteiger partial charge in [0.05, 0.1) is 0 Å². The van der Waals surface area contributed by atoms with Crippen LogP contribution in [0.2, 0.25) is 0 Å². The van der Waals surface area contributed by atoms with Gasteiger partial charge in [-0.05, 0) is 17.5 Å². The van der Waals surface area contributed by atoms with Crippen LogP contribution >= 0.6 is 0 Å². The van der Waals surface area contributed by atoms with Crippen LogP contribution in [0.25, 0.3) is 6.08 Å². The van der Waals surface area contributed by atoms with Gasteiger partial charge in [-0.25, -0.2) is 0 Å². The van der Waals surface area contributed by atoms with Crippen molar-refractivity contribution in [3.8, 4) is 0 Å². The maximum atomic E-state index is 2.32. The smallest absolute Gasteiger partial charge is 0.0869 e. The maximum Gasteiger partial charge on any atom is 2.00 e. The SMILES string of the molecule is [SiH3]C1=Cc2ccccc2C1.[Ti+2]. The third-order valence-corrected chi connectivity index (χ3v) is 2.57. The summed E-state index contributed by atoms with van der Waals surface area (Å²) in [5.41, 5.74) is 2.94. The van der Waals surface area contributed by atoms with Crippen LogP contribution in [0.5, 0.6) is 0 Å². The third-order valence-electron chi connectivity index (χ3n) is 1.93. The van der Waals surface area contributed by atoms with E-state index in [9.17, 15) is 0 Å². The Hall–Kier alpha value is -0.109. The molecule has 2 rings (SSSR count). The van der Waals surface area contributed by atoms with Crippen molar-refractivity contribution in [2.75, 3.05) is 0 Å². The molecule has 0 bridgehead atoms. The molecule has 0 spiro atoms. The van der Waals surface area contributed by atoms with Crippen LogP contribution in [0.1, 0.15) is 11.1 Å². The largest absolute Gasteiger partial charge is 2.00 e. The zero-order valence-electron chi connectivity index (χ0n) is 6.59. The van der Waals surface area contributed by atoms with E-state index in [1.807, 2.05) is 0 Å². The molecule has 0 saturated carbocycles. The minimum absolute atomic E-state index is 0. The molecular formula is C9H10SiTi+2. The van der Waals surface area contributed by atoms with Gasteiger partial charge in [-0.1, -0.05) is 35.5 Å². The van der Waals surface area contributed by atoms with Crippen molar-refractivity contribution in [1.29, 1.82) is 0 Å². The zero-order valence-corrected chi connectivity index (χ0v) is 10.2. The summed E-state index contributed by atoms with van der Waals surface area (Å²) in [6, 6.07) is 8.64. The van der Waals surface area contributed by atoms with E-state index in [-0.39, 0.29) is 21.7 Å². The van der Waals surface area contributed by atoms with Gasteiger partial charge < -0.3 is 0 Å². The van der Waals surface area contributed by atoms with Crippen LogP contribution < -0.4 is 0 Å². The first kappa shape index (κ1) is 8.98. The molecule has 11 heavy (non-hydrogen) atoms. The van der Waals surface area contributed by atoms with Crippen LogP contribution in [0.4, 0.5) is 0 Å². The summed E-state index contributed by atoms with van der Waals surface area (Å²) in [6.07, 6.45) is 3.53. The summed E-state index contributed by atoms with van der Waals surface area (Å²) in [7, 11) is 1.22. The second-order valence-electron chi connectivity index (χ2n) is 2.87. The Balaban J connectivity index is 0.000000605. The fraction of sp³-hybridized carbons (Fsp3) is 0.111. The van der Waals surface area contributed by atoms with E-state index >= 15 is 0 Å². The van der Waals surface area contributed by atoms with Crippen molar-refractivity contribution in [1.82, 2.24) is 0 Å². The first-order chi connectivity index (χ1) is 4.86. The van der Waals surface area contributed by atoms with E-state index in [0.29, 0.717) is 0 Å². The van der Waals surface area contributed by atoms with Crippen molar-refractivity contribution in [2.24, 2.45) is 0 Å². The molecule has 0 aliphatic heterocycles. The molecule has 0 unspecified atom stereocenters. The molecule has 0 fully saturated rings. The molecule has 1 aliphatic rings. The van der Waals surface area contributed by atoms with E-state index < -0.39 is 0 Å². The Labute approximate surface area is 85.0 Å². The molecular weight excluding hydrogens is 184 g/mol. The average molecular weight is 194 g/mol. The van der Waals surface area contributed by atoms with E-state index in [1.54, 1.807) is 5.20 Å². The average Bonchev–Trinajstić information content (AvgIpc) is 2.27. The molecule has 0 amide bonds. The summed E-state index contributed by atoms with van der Waals surface area (Å²) >= 11 is 0. The standard InChI is InChI=1S/C9H10Si.Ti/c10-9-5-7-3-1-2-4-8(7)6-9;/h1-5H,6H2,10H3;/q;+2. The molecule has 0 saturated heterocycles. The predicted molar refractivity (Wildman–Crippen MR) is 48.1 cm³/mol. The van der Waals surface area contributed by atoms with Gasteiger partial charge in [0, 0.05) is 10.2 Å². The summed E-state index contributed by atoms with van der Waals surface area (Å²) in [6.45, 7) is 0. The van der Waals surface area contributed by atoms with Crippen molar-refractivity contribution >= 4 is 16.3 Å². The van der Waals surface area contributed by atoms with Gasteiger partial charge in [-0.2, -0.15) is 0 Å². The monoisotopic (exact) mass is 194 g/mol. The Bertz CT molecular complexity index is 291. The Morgan fingerprint density at radius 3 is 2.64 bits per heavy atom. The normalized spacial score (nSPS) is 13.6. The van der Waals surface area contributed by atoms with Crippen LogP contribution in [0.3, 0.4) is 0 Å². The molecule has 1 aromatic carbocycles. The van der Waals surface area contributed by atoms with Gasteiger partial charge in [0.15, 0.2) is 0 Å². The van der Waals surface area contributed by atoms with E-state index in [1.165, 1.54) is 27.8 Å². The molecule has 0 aromatic heterocycles. The van der Waals surface area contributed by atoms with E-state index in [2.05, 4.69) is 30.3 Å². The number of allylic oxidation sites excluding steroid dienone is 1.